The summed E-state index contributed by atoms with van der Waals surface area (Å²) >= 11 is 0. The van der Waals surface area contributed by atoms with Crippen LogP contribution in [0.1, 0.15) is 5.56 Å². The molecule has 0 atom stereocenters. The Morgan fingerprint density at radius 1 is 0.556 bits per heavy atom. The van der Waals surface area contributed by atoms with Crippen molar-refractivity contribution in [2.24, 2.45) is 5.41 Å². The lowest BCUT2D eigenvalue weighted by Gasteiger charge is -2.49. The zero-order valence-corrected chi connectivity index (χ0v) is 17.1. The van der Waals surface area contributed by atoms with Gasteiger partial charge in [-0.15, -0.1) is 0 Å². The molecule has 36 heavy (non-hydrogen) atoms. The summed E-state index contributed by atoms with van der Waals surface area (Å²) < 4.78 is 251. The third-order valence-electron chi connectivity index (χ3n) is 4.55. The number of halogens is 17. The Morgan fingerprint density at radius 3 is 1.28 bits per heavy atom. The Balaban J connectivity index is 3.95. The van der Waals surface area contributed by atoms with Crippen molar-refractivity contribution in [2.45, 2.75) is 48.1 Å². The minimum absolute atomic E-state index is 0.428. The normalized spacial score (nSPS) is 15.8. The zero-order chi connectivity index (χ0) is 29.0. The molecule has 3 nitrogen and oxygen atoms in total. The van der Waals surface area contributed by atoms with E-state index in [1.54, 1.807) is 0 Å². The van der Waals surface area contributed by atoms with Gasteiger partial charge >= 0.3 is 47.0 Å². The van der Waals surface area contributed by atoms with E-state index in [1.807, 2.05) is 0 Å². The van der Waals surface area contributed by atoms with Gasteiger partial charge < -0.3 is 0 Å². The van der Waals surface area contributed by atoms with Gasteiger partial charge in [-0.25, -0.2) is 13.1 Å². The van der Waals surface area contributed by atoms with Gasteiger partial charge in [0.25, 0.3) is 10.0 Å². The minimum atomic E-state index is -9.29. The summed E-state index contributed by atoms with van der Waals surface area (Å²) in [6.45, 7) is -1.54. The van der Waals surface area contributed by atoms with Crippen LogP contribution in [0.3, 0.4) is 0 Å². The topological polar surface area (TPSA) is 46.2 Å². The van der Waals surface area contributed by atoms with Crippen molar-refractivity contribution in [3.8, 4) is 0 Å². The molecule has 0 fully saturated rings. The van der Waals surface area contributed by atoms with Crippen molar-refractivity contribution >= 4 is 10.0 Å². The summed E-state index contributed by atoms with van der Waals surface area (Å²) in [7, 11) is -7.51. The first-order valence-electron chi connectivity index (χ1n) is 8.32. The van der Waals surface area contributed by atoms with E-state index in [1.165, 1.54) is 6.07 Å². The van der Waals surface area contributed by atoms with Gasteiger partial charge in [-0.1, -0.05) is 30.3 Å². The van der Waals surface area contributed by atoms with Crippen LogP contribution in [0, 0.1) is 5.41 Å². The van der Waals surface area contributed by atoms with Crippen LogP contribution in [0.15, 0.2) is 30.3 Å². The first kappa shape index (κ1) is 32.0. The lowest BCUT2D eigenvalue weighted by molar-refractivity contribution is -0.513. The van der Waals surface area contributed by atoms with E-state index >= 15 is 0 Å². The largest absolute Gasteiger partial charge is 0.454 e. The molecule has 0 heterocycles. The van der Waals surface area contributed by atoms with Gasteiger partial charge in [0.2, 0.25) is 0 Å². The summed E-state index contributed by atoms with van der Waals surface area (Å²) in [6.07, 6.45) is -25.9. The number of benzene rings is 1. The van der Waals surface area contributed by atoms with Gasteiger partial charge in [0.05, 0.1) is 0 Å². The predicted molar refractivity (Wildman–Crippen MR) is 82.6 cm³/mol. The SMILES string of the molecule is O=S(=O)(NCc1ccccc1)C(F)(F)C(F)(F)C(F)(F)C(C(F)(F)F)(C(F)(F)F)C(F)(F)C(F)(F)F. The molecule has 210 valence electrons. The highest BCUT2D eigenvalue weighted by Crippen LogP contribution is 2.73. The van der Waals surface area contributed by atoms with E-state index in [4.69, 9.17) is 0 Å². The molecule has 0 saturated carbocycles. The molecule has 0 spiro atoms. The van der Waals surface area contributed by atoms with Crippen LogP contribution in [0.25, 0.3) is 0 Å². The number of alkyl halides is 17. The molecule has 0 aliphatic carbocycles. The van der Waals surface area contributed by atoms with E-state index in [2.05, 4.69) is 0 Å². The van der Waals surface area contributed by atoms with E-state index < -0.39 is 69.1 Å². The first-order valence-corrected chi connectivity index (χ1v) is 9.81. The standard InChI is InChI=1S/C15H8F17NO2S/c16-9(17,8(12(22,23)24,13(25,26)27)10(18,19)14(28,29)30)11(20,21)15(31,32)36(34,35)33-6-7-4-2-1-3-5-7/h1-5,33H,6H2. The molecule has 21 heteroatoms. The number of sulfonamides is 1. The van der Waals surface area contributed by atoms with Gasteiger partial charge in [0.1, 0.15) is 0 Å². The fourth-order valence-electron chi connectivity index (χ4n) is 2.73. The highest BCUT2D eigenvalue weighted by atomic mass is 32.2. The van der Waals surface area contributed by atoms with Crippen molar-refractivity contribution in [2.75, 3.05) is 0 Å². The maximum atomic E-state index is 14.2. The molecule has 0 aliphatic rings. The zero-order valence-electron chi connectivity index (χ0n) is 16.2. The lowest BCUT2D eigenvalue weighted by Crippen LogP contribution is -2.79. The van der Waals surface area contributed by atoms with Crippen molar-refractivity contribution in [3.05, 3.63) is 35.9 Å². The number of rotatable bonds is 8. The maximum absolute atomic E-state index is 14.2. The Morgan fingerprint density at radius 2 is 0.944 bits per heavy atom. The molecule has 0 unspecified atom stereocenters. The van der Waals surface area contributed by atoms with Gasteiger partial charge in [0.15, 0.2) is 0 Å². The summed E-state index contributed by atoms with van der Waals surface area (Å²) in [5.74, 6) is -26.9. The van der Waals surface area contributed by atoms with Crippen LogP contribution in [-0.2, 0) is 16.6 Å². The van der Waals surface area contributed by atoms with Crippen LogP contribution in [0.5, 0.6) is 0 Å². The van der Waals surface area contributed by atoms with Gasteiger partial charge in [-0.05, 0) is 5.56 Å². The van der Waals surface area contributed by atoms with E-state index in [9.17, 15) is 83.1 Å². The Hall–Kier alpha value is -2.06. The molecular formula is C15H8F17NO2S. The second kappa shape index (κ2) is 8.76. The molecule has 0 aliphatic heterocycles. The molecular weight excluding hydrogens is 581 g/mol. The van der Waals surface area contributed by atoms with Gasteiger partial charge in [0, 0.05) is 6.54 Å². The number of hydrogen-bond acceptors (Lipinski definition) is 2. The van der Waals surface area contributed by atoms with Crippen molar-refractivity contribution in [1.29, 1.82) is 0 Å². The molecule has 1 aromatic rings. The smallest absolute Gasteiger partial charge is 0.206 e. The molecule has 0 saturated heterocycles. The number of nitrogens with one attached hydrogen (secondary N) is 1. The maximum Gasteiger partial charge on any atom is 0.454 e. The summed E-state index contributed by atoms with van der Waals surface area (Å²) in [5.41, 5.74) is -9.73. The third kappa shape index (κ3) is 4.34. The quantitative estimate of drug-likeness (QED) is 0.363. The first-order chi connectivity index (χ1) is 15.6. The Labute approximate surface area is 188 Å². The summed E-state index contributed by atoms with van der Waals surface area (Å²) in [5, 5.41) is -7.83. The highest BCUT2D eigenvalue weighted by molar-refractivity contribution is 7.90. The molecule has 0 radical (unpaired) electrons. The van der Waals surface area contributed by atoms with Crippen LogP contribution in [0.2, 0.25) is 0 Å². The van der Waals surface area contributed by atoms with Gasteiger partial charge in [-0.3, -0.25) is 0 Å². The van der Waals surface area contributed by atoms with Crippen molar-refractivity contribution in [3.63, 3.8) is 0 Å². The summed E-state index contributed by atoms with van der Waals surface area (Å²) in [4.78, 5) is 0. The average molecular weight is 589 g/mol. The highest BCUT2D eigenvalue weighted by Gasteiger charge is 3.02. The van der Waals surface area contributed by atoms with E-state index in [0.717, 1.165) is 24.3 Å². The third-order valence-corrected chi connectivity index (χ3v) is 6.01. The van der Waals surface area contributed by atoms with E-state index in [-0.39, 0.29) is 0 Å². The van der Waals surface area contributed by atoms with Crippen LogP contribution in [-0.4, -0.2) is 50.0 Å². The Bertz CT molecular complexity index is 1010. The fraction of sp³-hybridized carbons (Fsp3) is 0.600. The van der Waals surface area contributed by atoms with Crippen molar-refractivity contribution < 1.29 is 83.1 Å². The molecule has 1 aromatic carbocycles. The average Bonchev–Trinajstić information content (AvgIpc) is 2.63. The van der Waals surface area contributed by atoms with Gasteiger partial charge in [-0.2, -0.15) is 74.6 Å². The second-order valence-corrected chi connectivity index (χ2v) is 8.60. The summed E-state index contributed by atoms with van der Waals surface area (Å²) in [6, 6.07) is 5.01. The second-order valence-electron chi connectivity index (χ2n) is 6.79. The molecule has 1 N–H and O–H groups in total. The van der Waals surface area contributed by atoms with E-state index in [0.29, 0.717) is 4.72 Å². The fourth-order valence-corrected chi connectivity index (χ4v) is 3.74. The monoisotopic (exact) mass is 589 g/mol. The number of hydrogen-bond donors (Lipinski definition) is 1. The van der Waals surface area contributed by atoms with Crippen molar-refractivity contribution in [1.82, 2.24) is 4.72 Å². The molecule has 1 rings (SSSR count). The Kier molecular flexibility index (Phi) is 7.78. The van der Waals surface area contributed by atoms with Crippen LogP contribution < -0.4 is 4.72 Å². The van der Waals surface area contributed by atoms with Crippen LogP contribution in [0.4, 0.5) is 74.6 Å². The van der Waals surface area contributed by atoms with Crippen LogP contribution >= 0.6 is 0 Å². The molecule has 0 aromatic heterocycles. The lowest BCUT2D eigenvalue weighted by atomic mass is 9.70. The molecule has 0 bridgehead atoms. The predicted octanol–water partition coefficient (Wildman–Crippen LogP) is 6.28. The molecule has 0 amide bonds. The minimum Gasteiger partial charge on any atom is -0.206 e.